The molecule has 0 aliphatic rings. The Morgan fingerprint density at radius 2 is 2.20 bits per heavy atom. The fourth-order valence-electron chi connectivity index (χ4n) is 2.39. The lowest BCUT2D eigenvalue weighted by Gasteiger charge is -2.07. The summed E-state index contributed by atoms with van der Waals surface area (Å²) in [7, 11) is 0. The third kappa shape index (κ3) is 2.99. The van der Waals surface area contributed by atoms with Gasteiger partial charge in [0, 0.05) is 18.9 Å². The second-order valence-electron chi connectivity index (χ2n) is 5.29. The maximum Gasteiger partial charge on any atom is 0.260 e. The number of amides is 1. The molecule has 1 amide bonds. The number of aromatic nitrogens is 5. The number of carbonyl (C=O) groups excluding carboxylic acids is 1. The van der Waals surface area contributed by atoms with E-state index in [9.17, 15) is 4.79 Å². The molecule has 7 nitrogen and oxygen atoms in total. The molecular weight excluding hydrogens is 336 g/mol. The fraction of sp³-hybridized carbons (Fsp3) is 0.118. The minimum atomic E-state index is -0.252. The van der Waals surface area contributed by atoms with E-state index in [1.54, 1.807) is 23.3 Å². The van der Waals surface area contributed by atoms with Crippen LogP contribution in [-0.4, -0.2) is 30.6 Å². The van der Waals surface area contributed by atoms with Crippen LogP contribution in [0.3, 0.4) is 0 Å². The van der Waals surface area contributed by atoms with E-state index in [0.717, 1.165) is 10.2 Å². The van der Waals surface area contributed by atoms with Gasteiger partial charge in [-0.05, 0) is 30.5 Å². The van der Waals surface area contributed by atoms with Crippen molar-refractivity contribution in [2.24, 2.45) is 0 Å². The van der Waals surface area contributed by atoms with E-state index in [0.29, 0.717) is 29.4 Å². The van der Waals surface area contributed by atoms with E-state index in [4.69, 9.17) is 0 Å². The zero-order valence-corrected chi connectivity index (χ0v) is 14.2. The Labute approximate surface area is 147 Å². The Bertz CT molecular complexity index is 1040. The molecule has 4 aromatic rings. The molecule has 4 rings (SSSR count). The van der Waals surface area contributed by atoms with E-state index in [-0.39, 0.29) is 5.91 Å². The Balaban J connectivity index is 1.73. The van der Waals surface area contributed by atoms with Crippen molar-refractivity contribution in [1.29, 1.82) is 0 Å². The van der Waals surface area contributed by atoms with Crippen molar-refractivity contribution in [1.82, 2.24) is 24.7 Å². The summed E-state index contributed by atoms with van der Waals surface area (Å²) in [4.78, 5) is 26.7. The molecule has 0 aliphatic carbocycles. The normalized spacial score (nSPS) is 10.9. The van der Waals surface area contributed by atoms with Crippen LogP contribution in [-0.2, 0) is 6.54 Å². The first kappa shape index (κ1) is 15.4. The van der Waals surface area contributed by atoms with Crippen molar-refractivity contribution >= 4 is 33.3 Å². The van der Waals surface area contributed by atoms with Gasteiger partial charge >= 0.3 is 0 Å². The standard InChI is InChI=1S/C17H14N6OS/c1-2-23-10-11(9-19-23)16(24)21-14-12-6-8-25-17(12)22-15(20-14)13-5-3-4-7-18-13/h3-10H,2H2,1H3,(H,20,21,22,24). The molecule has 0 saturated heterocycles. The molecule has 1 N–H and O–H groups in total. The van der Waals surface area contributed by atoms with Crippen LogP contribution in [0.25, 0.3) is 21.7 Å². The molecule has 0 fully saturated rings. The third-order valence-corrected chi connectivity index (χ3v) is 4.48. The Hall–Kier alpha value is -3.13. The van der Waals surface area contributed by atoms with Crippen LogP contribution in [0.5, 0.6) is 0 Å². The molecule has 0 radical (unpaired) electrons. The summed E-state index contributed by atoms with van der Waals surface area (Å²) in [6, 6.07) is 7.45. The first-order chi connectivity index (χ1) is 12.2. The average Bonchev–Trinajstić information content (AvgIpc) is 3.31. The van der Waals surface area contributed by atoms with Gasteiger partial charge in [0.15, 0.2) is 5.82 Å². The number of aryl methyl sites for hydroxylation is 1. The van der Waals surface area contributed by atoms with Gasteiger partial charge in [-0.3, -0.25) is 14.5 Å². The maximum atomic E-state index is 12.5. The molecule has 0 bridgehead atoms. The highest BCUT2D eigenvalue weighted by Crippen LogP contribution is 2.28. The average molecular weight is 350 g/mol. The molecule has 0 aliphatic heterocycles. The number of hydrogen-bond donors (Lipinski definition) is 1. The van der Waals surface area contributed by atoms with Crippen molar-refractivity contribution in [3.05, 3.63) is 53.8 Å². The molecule has 0 atom stereocenters. The molecule has 25 heavy (non-hydrogen) atoms. The second kappa shape index (κ2) is 6.40. The summed E-state index contributed by atoms with van der Waals surface area (Å²) in [5.41, 5.74) is 1.15. The smallest absolute Gasteiger partial charge is 0.260 e. The maximum absolute atomic E-state index is 12.5. The lowest BCUT2D eigenvalue weighted by molar-refractivity contribution is 0.102. The van der Waals surface area contributed by atoms with Crippen LogP contribution in [0.2, 0.25) is 0 Å². The largest absolute Gasteiger partial charge is 0.306 e. The van der Waals surface area contributed by atoms with Gasteiger partial charge in [-0.25, -0.2) is 9.97 Å². The van der Waals surface area contributed by atoms with Crippen molar-refractivity contribution in [2.75, 3.05) is 5.32 Å². The molecule has 0 saturated carbocycles. The predicted molar refractivity (Wildman–Crippen MR) is 96.5 cm³/mol. The van der Waals surface area contributed by atoms with E-state index >= 15 is 0 Å². The highest BCUT2D eigenvalue weighted by Gasteiger charge is 2.15. The fourth-order valence-corrected chi connectivity index (χ4v) is 3.16. The Morgan fingerprint density at radius 1 is 1.28 bits per heavy atom. The summed E-state index contributed by atoms with van der Waals surface area (Å²) in [5, 5.41) is 9.73. The molecule has 0 spiro atoms. The lowest BCUT2D eigenvalue weighted by Crippen LogP contribution is -2.13. The summed E-state index contributed by atoms with van der Waals surface area (Å²) in [6.45, 7) is 2.67. The first-order valence-electron chi connectivity index (χ1n) is 7.75. The molecule has 0 unspecified atom stereocenters. The van der Waals surface area contributed by atoms with Gasteiger partial charge in [-0.15, -0.1) is 11.3 Å². The highest BCUT2D eigenvalue weighted by molar-refractivity contribution is 7.16. The number of anilines is 1. The van der Waals surface area contributed by atoms with Gasteiger partial charge in [0.1, 0.15) is 16.3 Å². The quantitative estimate of drug-likeness (QED) is 0.611. The summed E-state index contributed by atoms with van der Waals surface area (Å²) in [6.07, 6.45) is 4.94. The topological polar surface area (TPSA) is 85.6 Å². The summed E-state index contributed by atoms with van der Waals surface area (Å²) < 4.78 is 1.70. The number of carbonyl (C=O) groups is 1. The molecule has 4 heterocycles. The van der Waals surface area contributed by atoms with E-state index in [1.165, 1.54) is 11.3 Å². The molecule has 4 aromatic heterocycles. The van der Waals surface area contributed by atoms with Gasteiger partial charge in [0.2, 0.25) is 0 Å². The highest BCUT2D eigenvalue weighted by atomic mass is 32.1. The second-order valence-corrected chi connectivity index (χ2v) is 6.18. The van der Waals surface area contributed by atoms with Crippen LogP contribution in [0, 0.1) is 0 Å². The van der Waals surface area contributed by atoms with Crippen LogP contribution < -0.4 is 5.32 Å². The summed E-state index contributed by atoms with van der Waals surface area (Å²) in [5.74, 6) is 0.703. The van der Waals surface area contributed by atoms with E-state index in [2.05, 4.69) is 25.4 Å². The lowest BCUT2D eigenvalue weighted by atomic mass is 10.3. The van der Waals surface area contributed by atoms with Crippen molar-refractivity contribution in [3.8, 4) is 11.5 Å². The monoisotopic (exact) mass is 350 g/mol. The van der Waals surface area contributed by atoms with Crippen LogP contribution in [0.15, 0.2) is 48.2 Å². The van der Waals surface area contributed by atoms with Gasteiger partial charge in [-0.2, -0.15) is 5.10 Å². The number of rotatable bonds is 4. The Kier molecular flexibility index (Phi) is 3.95. The first-order valence-corrected chi connectivity index (χ1v) is 8.63. The van der Waals surface area contributed by atoms with Crippen LogP contribution in [0.4, 0.5) is 5.82 Å². The Morgan fingerprint density at radius 3 is 2.96 bits per heavy atom. The minimum absolute atomic E-state index is 0.252. The SMILES string of the molecule is CCn1cc(C(=O)Nc2nc(-c3ccccn3)nc3sccc23)cn1. The molecule has 0 aromatic carbocycles. The zero-order valence-electron chi connectivity index (χ0n) is 13.4. The number of nitrogens with zero attached hydrogens (tertiary/aromatic N) is 5. The van der Waals surface area contributed by atoms with Gasteiger partial charge in [0.05, 0.1) is 17.1 Å². The van der Waals surface area contributed by atoms with Crippen molar-refractivity contribution < 1.29 is 4.79 Å². The van der Waals surface area contributed by atoms with Crippen molar-refractivity contribution in [2.45, 2.75) is 13.5 Å². The predicted octanol–water partition coefficient (Wildman–Crippen LogP) is 3.22. The van der Waals surface area contributed by atoms with Gasteiger partial charge < -0.3 is 5.32 Å². The number of pyridine rings is 1. The molecule has 8 heteroatoms. The minimum Gasteiger partial charge on any atom is -0.306 e. The van der Waals surface area contributed by atoms with E-state index < -0.39 is 0 Å². The van der Waals surface area contributed by atoms with Gasteiger partial charge in [-0.1, -0.05) is 6.07 Å². The van der Waals surface area contributed by atoms with Crippen LogP contribution in [0.1, 0.15) is 17.3 Å². The molecular formula is C17H14N6OS. The number of thiophene rings is 1. The van der Waals surface area contributed by atoms with Crippen molar-refractivity contribution in [3.63, 3.8) is 0 Å². The van der Waals surface area contributed by atoms with Gasteiger partial charge in [0.25, 0.3) is 5.91 Å². The molecule has 124 valence electrons. The van der Waals surface area contributed by atoms with Crippen LogP contribution >= 0.6 is 11.3 Å². The zero-order chi connectivity index (χ0) is 17.2. The summed E-state index contributed by atoms with van der Waals surface area (Å²) >= 11 is 1.49. The third-order valence-electron chi connectivity index (χ3n) is 3.67. The number of fused-ring (bicyclic) bond motifs is 1. The number of nitrogens with one attached hydrogen (secondary N) is 1. The van der Waals surface area contributed by atoms with E-state index in [1.807, 2.05) is 36.6 Å². The number of hydrogen-bond acceptors (Lipinski definition) is 6.